The van der Waals surface area contributed by atoms with E-state index >= 15 is 0 Å². The maximum absolute atomic E-state index is 12.2. The van der Waals surface area contributed by atoms with Gasteiger partial charge in [0.25, 0.3) is 0 Å². The molecule has 2 aromatic heterocycles. The van der Waals surface area contributed by atoms with Crippen LogP contribution in [0.15, 0.2) is 24.4 Å². The lowest BCUT2D eigenvalue weighted by Gasteiger charge is -2.33. The van der Waals surface area contributed by atoms with Crippen molar-refractivity contribution in [1.29, 1.82) is 0 Å². The number of pyridine rings is 1. The Bertz CT molecular complexity index is 938. The van der Waals surface area contributed by atoms with E-state index < -0.39 is 25.9 Å². The van der Waals surface area contributed by atoms with E-state index in [1.54, 1.807) is 18.4 Å². The van der Waals surface area contributed by atoms with Gasteiger partial charge in [-0.3, -0.25) is 0 Å². The van der Waals surface area contributed by atoms with Gasteiger partial charge in [0.05, 0.1) is 6.20 Å². The van der Waals surface area contributed by atoms with Crippen molar-refractivity contribution in [2.45, 2.75) is 37.9 Å². The predicted octanol–water partition coefficient (Wildman–Crippen LogP) is 2.78. The van der Waals surface area contributed by atoms with Crippen molar-refractivity contribution >= 4 is 29.8 Å². The molecule has 1 aliphatic heterocycles. The Kier molecular flexibility index (Phi) is 5.16. The third-order valence-corrected chi connectivity index (χ3v) is 5.36. The number of urea groups is 1. The zero-order valence-electron chi connectivity index (χ0n) is 15.4. The highest BCUT2D eigenvalue weighted by atomic mass is 19.4. The Morgan fingerprint density at radius 3 is 2.83 bits per heavy atom. The molecule has 3 heterocycles. The average molecular weight is 408 g/mol. The quantitative estimate of drug-likeness (QED) is 0.587. The van der Waals surface area contributed by atoms with Crippen LogP contribution in [0.1, 0.15) is 31.2 Å². The van der Waals surface area contributed by atoms with Crippen molar-refractivity contribution in [3.05, 3.63) is 30.0 Å². The fraction of sp³-hybridized carbons (Fsp3) is 0.444. The fourth-order valence-electron chi connectivity index (χ4n) is 4.08. The number of carbonyl (C=O) groups is 1. The first-order chi connectivity index (χ1) is 13.8. The summed E-state index contributed by atoms with van der Waals surface area (Å²) >= 11 is 0. The van der Waals surface area contributed by atoms with E-state index in [2.05, 4.69) is 15.3 Å². The molecule has 0 spiro atoms. The van der Waals surface area contributed by atoms with Gasteiger partial charge < -0.3 is 25.3 Å². The normalized spacial score (nSPS) is 21.9. The molecule has 0 radical (unpaired) electrons. The third kappa shape index (κ3) is 4.34. The second kappa shape index (κ2) is 7.62. The standard InChI is InChI=1S/C18H20BF3N4O3/c20-18(21,22)9-25-17(27)26-11-3-1-10(2-4-11)13-7-19(28)29-14-8-24-16-12(15(13)14)5-6-23-16/h5-8,10-11,28H,1-4,9H2,(H,23,24)(H2,25,26,27)/t10-,11-. The molecule has 0 unspecified atom stereocenters. The first kappa shape index (κ1) is 19.6. The number of allylic oxidation sites excluding steroid dienone is 1. The molecule has 2 amide bonds. The summed E-state index contributed by atoms with van der Waals surface area (Å²) in [6.07, 6.45) is 1.68. The van der Waals surface area contributed by atoms with Gasteiger partial charge in [-0.2, -0.15) is 13.2 Å². The molecular formula is C18H20BF3N4O3. The van der Waals surface area contributed by atoms with E-state index in [1.807, 2.05) is 11.4 Å². The number of hydrogen-bond donors (Lipinski definition) is 4. The van der Waals surface area contributed by atoms with Crippen LogP contribution in [0.2, 0.25) is 0 Å². The predicted molar refractivity (Wildman–Crippen MR) is 101 cm³/mol. The molecule has 2 aromatic rings. The molecule has 1 fully saturated rings. The molecular weight excluding hydrogens is 388 g/mol. The number of amides is 2. The number of rotatable bonds is 3. The number of aromatic amines is 1. The number of nitrogens with zero attached hydrogens (tertiary/aromatic N) is 1. The fourth-order valence-corrected chi connectivity index (χ4v) is 4.08. The van der Waals surface area contributed by atoms with Crippen molar-refractivity contribution in [3.8, 4) is 5.75 Å². The first-order valence-electron chi connectivity index (χ1n) is 9.44. The molecule has 0 saturated heterocycles. The summed E-state index contributed by atoms with van der Waals surface area (Å²) < 4.78 is 42.1. The molecule has 0 aromatic carbocycles. The van der Waals surface area contributed by atoms with Crippen molar-refractivity contribution in [1.82, 2.24) is 20.6 Å². The Labute approximate surface area is 164 Å². The number of nitrogens with one attached hydrogen (secondary N) is 3. The number of H-pyrrole nitrogens is 1. The molecule has 7 nitrogen and oxygen atoms in total. The van der Waals surface area contributed by atoms with Gasteiger partial charge in [-0.05, 0) is 49.2 Å². The lowest BCUT2D eigenvalue weighted by molar-refractivity contribution is -0.122. The number of aromatic nitrogens is 2. The Morgan fingerprint density at radius 1 is 1.34 bits per heavy atom. The monoisotopic (exact) mass is 408 g/mol. The average Bonchev–Trinajstić information content (AvgIpc) is 3.14. The molecule has 0 atom stereocenters. The SMILES string of the molecule is O=C(NCC(F)(F)F)N[C@H]1CC[C@H](C2=CB(O)Oc3cnc4[nH]ccc4c32)CC1. The molecule has 0 bridgehead atoms. The second-order valence-electron chi connectivity index (χ2n) is 7.36. The third-order valence-electron chi connectivity index (χ3n) is 5.36. The molecule has 1 saturated carbocycles. The summed E-state index contributed by atoms with van der Waals surface area (Å²) in [5.41, 5.74) is 2.61. The summed E-state index contributed by atoms with van der Waals surface area (Å²) in [5.74, 6) is 2.36. The summed E-state index contributed by atoms with van der Waals surface area (Å²) in [7, 11) is -1.06. The van der Waals surface area contributed by atoms with Gasteiger partial charge in [-0.25, -0.2) is 9.78 Å². The maximum Gasteiger partial charge on any atom is 0.552 e. The van der Waals surface area contributed by atoms with Crippen LogP contribution < -0.4 is 15.3 Å². The van der Waals surface area contributed by atoms with Gasteiger partial charge >= 0.3 is 19.3 Å². The highest BCUT2D eigenvalue weighted by molar-refractivity contribution is 6.52. The number of halogens is 3. The molecule has 29 heavy (non-hydrogen) atoms. The summed E-state index contributed by atoms with van der Waals surface area (Å²) in [6, 6.07) is 0.916. The summed E-state index contributed by atoms with van der Waals surface area (Å²) in [4.78, 5) is 19.0. The van der Waals surface area contributed by atoms with E-state index in [0.29, 0.717) is 18.6 Å². The van der Waals surface area contributed by atoms with Gasteiger partial charge in [0.2, 0.25) is 0 Å². The molecule has 154 valence electrons. The van der Waals surface area contributed by atoms with Gasteiger partial charge in [0.1, 0.15) is 17.9 Å². The van der Waals surface area contributed by atoms with Crippen LogP contribution in [0.4, 0.5) is 18.0 Å². The van der Waals surface area contributed by atoms with Gasteiger partial charge in [-0.1, -0.05) is 0 Å². The number of alkyl halides is 3. The van der Waals surface area contributed by atoms with Crippen molar-refractivity contribution in [3.63, 3.8) is 0 Å². The smallest absolute Gasteiger partial charge is 0.531 e. The molecule has 2 aliphatic rings. The minimum Gasteiger partial charge on any atom is -0.531 e. The molecule has 11 heteroatoms. The van der Waals surface area contributed by atoms with Crippen molar-refractivity contribution in [2.75, 3.05) is 6.54 Å². The van der Waals surface area contributed by atoms with E-state index in [9.17, 15) is 23.0 Å². The van der Waals surface area contributed by atoms with E-state index in [4.69, 9.17) is 4.65 Å². The summed E-state index contributed by atoms with van der Waals surface area (Å²) in [5, 5.41) is 15.4. The van der Waals surface area contributed by atoms with Crippen molar-refractivity contribution in [2.24, 2.45) is 5.92 Å². The second-order valence-corrected chi connectivity index (χ2v) is 7.36. The van der Waals surface area contributed by atoms with E-state index in [0.717, 1.165) is 35.0 Å². The zero-order chi connectivity index (χ0) is 20.6. The van der Waals surface area contributed by atoms with Crippen LogP contribution >= 0.6 is 0 Å². The highest BCUT2D eigenvalue weighted by Crippen LogP contribution is 2.43. The van der Waals surface area contributed by atoms with Gasteiger partial charge in [0.15, 0.2) is 0 Å². The first-order valence-corrected chi connectivity index (χ1v) is 9.44. The largest absolute Gasteiger partial charge is 0.552 e. The molecule has 1 aliphatic carbocycles. The number of hydrogen-bond acceptors (Lipinski definition) is 4. The van der Waals surface area contributed by atoms with Crippen LogP contribution in [0, 0.1) is 5.92 Å². The summed E-state index contributed by atoms with van der Waals surface area (Å²) in [6.45, 7) is -1.35. The van der Waals surface area contributed by atoms with Crippen LogP contribution in [0.25, 0.3) is 16.6 Å². The van der Waals surface area contributed by atoms with Crippen LogP contribution in [0.5, 0.6) is 5.75 Å². The van der Waals surface area contributed by atoms with Crippen LogP contribution in [0.3, 0.4) is 0 Å². The Balaban J connectivity index is 1.43. The topological polar surface area (TPSA) is 99.3 Å². The van der Waals surface area contributed by atoms with Gasteiger partial charge in [-0.15, -0.1) is 0 Å². The minimum absolute atomic E-state index is 0.143. The minimum atomic E-state index is -4.43. The zero-order valence-corrected chi connectivity index (χ0v) is 15.4. The molecule has 4 rings (SSSR count). The van der Waals surface area contributed by atoms with Crippen molar-refractivity contribution < 1.29 is 27.6 Å². The Hall–Kier alpha value is -2.69. The maximum atomic E-state index is 12.2. The van der Waals surface area contributed by atoms with E-state index in [-0.39, 0.29) is 12.0 Å². The highest BCUT2D eigenvalue weighted by Gasteiger charge is 2.33. The van der Waals surface area contributed by atoms with Gasteiger partial charge in [0, 0.05) is 23.2 Å². The molecule has 4 N–H and O–H groups in total. The van der Waals surface area contributed by atoms with Crippen LogP contribution in [-0.4, -0.2) is 46.9 Å². The number of carbonyl (C=O) groups excluding carboxylic acids is 1. The number of fused-ring (bicyclic) bond motifs is 3. The van der Waals surface area contributed by atoms with E-state index in [1.165, 1.54) is 0 Å². The Morgan fingerprint density at radius 2 is 2.10 bits per heavy atom. The lowest BCUT2D eigenvalue weighted by atomic mass is 9.72. The lowest BCUT2D eigenvalue weighted by Crippen LogP contribution is -2.46. The van der Waals surface area contributed by atoms with Crippen LogP contribution in [-0.2, 0) is 0 Å².